The Labute approximate surface area is 88.4 Å². The topological polar surface area (TPSA) is 64.4 Å². The monoisotopic (exact) mass is 238 g/mol. The number of carbonyl (C=O) groups is 1. The second-order valence-electron chi connectivity index (χ2n) is 3.08. The number of halogens is 3. The summed E-state index contributed by atoms with van der Waals surface area (Å²) in [5.41, 5.74) is -0.191. The highest BCUT2D eigenvalue weighted by molar-refractivity contribution is 5.88. The molecule has 5 nitrogen and oxygen atoms in total. The Balaban J connectivity index is 2.63. The third kappa shape index (κ3) is 3.54. The molecule has 1 rings (SSSR count). The van der Waals surface area contributed by atoms with Crippen molar-refractivity contribution in [2.75, 3.05) is 6.61 Å². The molecule has 0 radical (unpaired) electrons. The number of carboxylic acid groups (broad SMARTS) is 1. The van der Waals surface area contributed by atoms with E-state index in [1.165, 1.54) is 17.9 Å². The van der Waals surface area contributed by atoms with Crippen LogP contribution in [0.2, 0.25) is 0 Å². The zero-order valence-electron chi connectivity index (χ0n) is 8.28. The lowest BCUT2D eigenvalue weighted by Crippen LogP contribution is -2.17. The van der Waals surface area contributed by atoms with Crippen molar-refractivity contribution in [3.63, 3.8) is 0 Å². The van der Waals surface area contributed by atoms with E-state index < -0.39 is 25.4 Å². The molecule has 0 unspecified atom stereocenters. The number of hydrogen-bond acceptors (Lipinski definition) is 3. The maximum atomic E-state index is 11.8. The predicted molar refractivity (Wildman–Crippen MR) is 45.9 cm³/mol. The SMILES string of the molecule is Cn1cc(C(=O)O)c(COCC(F)(F)F)n1. The Hall–Kier alpha value is -1.57. The van der Waals surface area contributed by atoms with Crippen molar-refractivity contribution in [1.82, 2.24) is 9.78 Å². The van der Waals surface area contributed by atoms with Crippen LogP contribution in [0.15, 0.2) is 6.20 Å². The molecule has 0 spiro atoms. The third-order valence-electron chi connectivity index (χ3n) is 1.64. The Kier molecular flexibility index (Phi) is 3.53. The van der Waals surface area contributed by atoms with E-state index in [1.54, 1.807) is 0 Å². The Morgan fingerprint density at radius 1 is 1.62 bits per heavy atom. The molecule has 1 N–H and O–H groups in total. The maximum absolute atomic E-state index is 11.8. The van der Waals surface area contributed by atoms with E-state index in [0.717, 1.165) is 0 Å². The van der Waals surface area contributed by atoms with Crippen LogP contribution in [0, 0.1) is 0 Å². The van der Waals surface area contributed by atoms with Gasteiger partial charge in [0.1, 0.15) is 17.9 Å². The highest BCUT2D eigenvalue weighted by atomic mass is 19.4. The summed E-state index contributed by atoms with van der Waals surface area (Å²) >= 11 is 0. The van der Waals surface area contributed by atoms with Gasteiger partial charge >= 0.3 is 12.1 Å². The van der Waals surface area contributed by atoms with Gasteiger partial charge in [0.05, 0.1) is 6.61 Å². The van der Waals surface area contributed by atoms with Crippen LogP contribution in [0.3, 0.4) is 0 Å². The number of ether oxygens (including phenoxy) is 1. The third-order valence-corrected chi connectivity index (χ3v) is 1.64. The summed E-state index contributed by atoms with van der Waals surface area (Å²) in [6.45, 7) is -1.91. The highest BCUT2D eigenvalue weighted by Crippen LogP contribution is 2.16. The lowest BCUT2D eigenvalue weighted by atomic mass is 10.2. The molecule has 0 aromatic carbocycles. The molecule has 0 bridgehead atoms. The van der Waals surface area contributed by atoms with Crippen LogP contribution in [0.5, 0.6) is 0 Å². The summed E-state index contributed by atoms with van der Waals surface area (Å²) in [6, 6.07) is 0. The number of alkyl halides is 3. The Bertz CT molecular complexity index is 386. The predicted octanol–water partition coefficient (Wildman–Crippen LogP) is 1.20. The maximum Gasteiger partial charge on any atom is 0.411 e. The van der Waals surface area contributed by atoms with Crippen molar-refractivity contribution < 1.29 is 27.8 Å². The van der Waals surface area contributed by atoms with E-state index in [9.17, 15) is 18.0 Å². The van der Waals surface area contributed by atoms with Crippen molar-refractivity contribution in [1.29, 1.82) is 0 Å². The highest BCUT2D eigenvalue weighted by Gasteiger charge is 2.28. The minimum Gasteiger partial charge on any atom is -0.478 e. The largest absolute Gasteiger partial charge is 0.478 e. The van der Waals surface area contributed by atoms with Crippen LogP contribution in [0.1, 0.15) is 16.1 Å². The molecule has 90 valence electrons. The summed E-state index contributed by atoms with van der Waals surface area (Å²) < 4.78 is 40.8. The molecule has 16 heavy (non-hydrogen) atoms. The molecule has 1 aromatic rings. The molecule has 0 fully saturated rings. The minimum absolute atomic E-state index is 0.0285. The first-order valence-corrected chi connectivity index (χ1v) is 4.20. The van der Waals surface area contributed by atoms with Crippen molar-refractivity contribution in [2.24, 2.45) is 7.05 Å². The lowest BCUT2D eigenvalue weighted by Gasteiger charge is -2.06. The molecule has 1 heterocycles. The van der Waals surface area contributed by atoms with Crippen LogP contribution >= 0.6 is 0 Å². The van der Waals surface area contributed by atoms with E-state index in [1.807, 2.05) is 0 Å². The summed E-state index contributed by atoms with van der Waals surface area (Å²) in [7, 11) is 1.47. The summed E-state index contributed by atoms with van der Waals surface area (Å²) in [4.78, 5) is 10.7. The molecular formula is C8H9F3N2O3. The number of hydrogen-bond donors (Lipinski definition) is 1. The fraction of sp³-hybridized carbons (Fsp3) is 0.500. The van der Waals surface area contributed by atoms with Gasteiger partial charge in [-0.3, -0.25) is 4.68 Å². The molecule has 0 saturated carbocycles. The van der Waals surface area contributed by atoms with Gasteiger partial charge in [-0.05, 0) is 0 Å². The molecule has 0 aliphatic carbocycles. The molecule has 0 aliphatic rings. The van der Waals surface area contributed by atoms with Gasteiger partial charge in [0, 0.05) is 13.2 Å². The number of aryl methyl sites for hydroxylation is 1. The molecule has 0 aliphatic heterocycles. The van der Waals surface area contributed by atoms with Crippen LogP contribution in [-0.4, -0.2) is 33.6 Å². The van der Waals surface area contributed by atoms with Gasteiger partial charge in [-0.1, -0.05) is 0 Å². The number of carboxylic acids is 1. The van der Waals surface area contributed by atoms with Gasteiger partial charge < -0.3 is 9.84 Å². The first kappa shape index (κ1) is 12.5. The first-order valence-electron chi connectivity index (χ1n) is 4.20. The molecule has 0 atom stereocenters. The normalized spacial score (nSPS) is 11.8. The van der Waals surface area contributed by atoms with Gasteiger partial charge in [0.2, 0.25) is 0 Å². The van der Waals surface area contributed by atoms with Crippen molar-refractivity contribution in [3.05, 3.63) is 17.5 Å². The second kappa shape index (κ2) is 4.52. The number of rotatable bonds is 4. The quantitative estimate of drug-likeness (QED) is 0.855. The first-order chi connectivity index (χ1) is 7.29. The van der Waals surface area contributed by atoms with Gasteiger partial charge in [-0.15, -0.1) is 0 Å². The Morgan fingerprint density at radius 2 is 2.25 bits per heavy atom. The zero-order chi connectivity index (χ0) is 12.3. The van der Waals surface area contributed by atoms with Crippen LogP contribution in [0.4, 0.5) is 13.2 Å². The lowest BCUT2D eigenvalue weighted by molar-refractivity contribution is -0.176. The second-order valence-corrected chi connectivity index (χ2v) is 3.08. The van der Waals surface area contributed by atoms with E-state index in [4.69, 9.17) is 5.11 Å². The van der Waals surface area contributed by atoms with E-state index in [-0.39, 0.29) is 11.3 Å². The zero-order valence-corrected chi connectivity index (χ0v) is 8.28. The van der Waals surface area contributed by atoms with E-state index in [0.29, 0.717) is 0 Å². The van der Waals surface area contributed by atoms with Crippen LogP contribution in [-0.2, 0) is 18.4 Å². The molecule has 0 saturated heterocycles. The van der Waals surface area contributed by atoms with Crippen molar-refractivity contribution >= 4 is 5.97 Å². The standard InChI is InChI=1S/C8H9F3N2O3/c1-13-2-5(7(14)15)6(12-13)3-16-4-8(9,10)11/h2H,3-4H2,1H3,(H,14,15). The molecular weight excluding hydrogens is 229 g/mol. The van der Waals surface area contributed by atoms with E-state index >= 15 is 0 Å². The van der Waals surface area contributed by atoms with Gasteiger partial charge in [-0.25, -0.2) is 4.79 Å². The summed E-state index contributed by atoms with van der Waals surface area (Å²) in [5, 5.41) is 12.4. The summed E-state index contributed by atoms with van der Waals surface area (Å²) in [5.74, 6) is -1.25. The molecule has 1 aromatic heterocycles. The number of aromatic carboxylic acids is 1. The minimum atomic E-state index is -4.43. The fourth-order valence-electron chi connectivity index (χ4n) is 1.08. The molecule has 0 amide bonds. The van der Waals surface area contributed by atoms with Gasteiger partial charge in [-0.2, -0.15) is 18.3 Å². The number of aromatic nitrogens is 2. The van der Waals surface area contributed by atoms with Crippen molar-refractivity contribution in [2.45, 2.75) is 12.8 Å². The van der Waals surface area contributed by atoms with Gasteiger partial charge in [0.15, 0.2) is 0 Å². The van der Waals surface area contributed by atoms with Crippen LogP contribution < -0.4 is 0 Å². The molecule has 8 heteroatoms. The smallest absolute Gasteiger partial charge is 0.411 e. The van der Waals surface area contributed by atoms with Crippen molar-refractivity contribution in [3.8, 4) is 0 Å². The van der Waals surface area contributed by atoms with E-state index in [2.05, 4.69) is 9.84 Å². The average molecular weight is 238 g/mol. The summed E-state index contributed by atoms with van der Waals surface area (Å²) in [6.07, 6.45) is -3.23. The number of nitrogens with zero attached hydrogens (tertiary/aromatic N) is 2. The Morgan fingerprint density at radius 3 is 2.75 bits per heavy atom. The average Bonchev–Trinajstić information content (AvgIpc) is 2.44. The van der Waals surface area contributed by atoms with Crippen LogP contribution in [0.25, 0.3) is 0 Å². The fourth-order valence-corrected chi connectivity index (χ4v) is 1.08. The van der Waals surface area contributed by atoms with Gasteiger partial charge in [0.25, 0.3) is 0 Å².